The molecule has 2 rings (SSSR count). The summed E-state index contributed by atoms with van der Waals surface area (Å²) in [5.41, 5.74) is 4.30. The lowest BCUT2D eigenvalue weighted by atomic mass is 10.2. The first-order valence-electron chi connectivity index (χ1n) is 7.61. The van der Waals surface area contributed by atoms with Crippen LogP contribution < -0.4 is 15.5 Å². The van der Waals surface area contributed by atoms with Crippen molar-refractivity contribution < 1.29 is 9.53 Å². The van der Waals surface area contributed by atoms with Crippen LogP contribution >= 0.6 is 15.9 Å². The predicted octanol–water partition coefficient (Wildman–Crippen LogP) is 3.80. The van der Waals surface area contributed by atoms with Crippen LogP contribution in [0.5, 0.6) is 5.75 Å². The fourth-order valence-electron chi connectivity index (χ4n) is 2.10. The highest BCUT2D eigenvalue weighted by Gasteiger charge is 2.15. The molecule has 0 aliphatic rings. The average molecular weight is 390 g/mol. The van der Waals surface area contributed by atoms with Crippen LogP contribution in [0.3, 0.4) is 0 Å². The summed E-state index contributed by atoms with van der Waals surface area (Å²) in [6.45, 7) is 1.95. The maximum Gasteiger partial charge on any atom is 0.262 e. The zero-order valence-corrected chi connectivity index (χ0v) is 15.2. The summed E-state index contributed by atoms with van der Waals surface area (Å²) in [5, 5.41) is 7.22. The van der Waals surface area contributed by atoms with Gasteiger partial charge in [-0.25, -0.2) is 5.43 Å². The Labute approximate surface area is 150 Å². The van der Waals surface area contributed by atoms with E-state index >= 15 is 0 Å². The minimum atomic E-state index is -0.359. The SMILES string of the molecule is CC[C@H](Nc1cccc(Br)c1)C(=O)N/N=C\c1cccc(OC)c1. The first kappa shape index (κ1) is 18.0. The highest BCUT2D eigenvalue weighted by molar-refractivity contribution is 9.10. The molecule has 0 heterocycles. The van der Waals surface area contributed by atoms with Crippen LogP contribution in [0.4, 0.5) is 5.69 Å². The van der Waals surface area contributed by atoms with Crippen molar-refractivity contribution in [2.75, 3.05) is 12.4 Å². The first-order valence-corrected chi connectivity index (χ1v) is 8.40. The lowest BCUT2D eigenvalue weighted by molar-refractivity contribution is -0.121. The molecule has 0 saturated carbocycles. The molecule has 126 valence electrons. The number of nitrogens with one attached hydrogen (secondary N) is 2. The summed E-state index contributed by atoms with van der Waals surface area (Å²) < 4.78 is 6.11. The topological polar surface area (TPSA) is 62.7 Å². The number of hydrogen-bond donors (Lipinski definition) is 2. The molecule has 6 heteroatoms. The van der Waals surface area contributed by atoms with Crippen LogP contribution in [0.15, 0.2) is 58.1 Å². The Bertz CT molecular complexity index is 719. The third-order valence-electron chi connectivity index (χ3n) is 3.37. The second-order valence-electron chi connectivity index (χ2n) is 5.13. The van der Waals surface area contributed by atoms with E-state index in [4.69, 9.17) is 4.74 Å². The Kier molecular flexibility index (Phi) is 6.81. The van der Waals surface area contributed by atoms with E-state index in [9.17, 15) is 4.79 Å². The zero-order chi connectivity index (χ0) is 17.4. The minimum absolute atomic E-state index is 0.184. The molecule has 2 aromatic rings. The van der Waals surface area contributed by atoms with Gasteiger partial charge in [-0.2, -0.15) is 5.10 Å². The van der Waals surface area contributed by atoms with Gasteiger partial charge in [-0.05, 0) is 42.3 Å². The van der Waals surface area contributed by atoms with Gasteiger partial charge in [-0.1, -0.05) is 41.1 Å². The van der Waals surface area contributed by atoms with Gasteiger partial charge in [0.05, 0.1) is 13.3 Å². The number of hydrogen-bond acceptors (Lipinski definition) is 4. The van der Waals surface area contributed by atoms with Gasteiger partial charge in [-0.3, -0.25) is 4.79 Å². The summed E-state index contributed by atoms with van der Waals surface area (Å²) in [6.07, 6.45) is 2.24. The van der Waals surface area contributed by atoms with Crippen molar-refractivity contribution in [1.82, 2.24) is 5.43 Å². The van der Waals surface area contributed by atoms with Gasteiger partial charge in [0.15, 0.2) is 0 Å². The number of carbonyl (C=O) groups excluding carboxylic acids is 1. The van der Waals surface area contributed by atoms with E-state index in [2.05, 4.69) is 31.8 Å². The van der Waals surface area contributed by atoms with Crippen molar-refractivity contribution in [1.29, 1.82) is 0 Å². The van der Waals surface area contributed by atoms with Gasteiger partial charge in [0.1, 0.15) is 11.8 Å². The van der Waals surface area contributed by atoms with Crippen LogP contribution in [0, 0.1) is 0 Å². The predicted molar refractivity (Wildman–Crippen MR) is 101 cm³/mol. The molecule has 0 spiro atoms. The third-order valence-corrected chi connectivity index (χ3v) is 3.87. The molecule has 1 amide bonds. The lowest BCUT2D eigenvalue weighted by Gasteiger charge is -2.16. The molecule has 1 atom stereocenters. The third kappa shape index (κ3) is 5.38. The van der Waals surface area contributed by atoms with Gasteiger partial charge in [0, 0.05) is 10.2 Å². The second kappa shape index (κ2) is 9.08. The van der Waals surface area contributed by atoms with Gasteiger partial charge < -0.3 is 10.1 Å². The van der Waals surface area contributed by atoms with Crippen LogP contribution in [0.25, 0.3) is 0 Å². The van der Waals surface area contributed by atoms with Crippen molar-refractivity contribution >= 4 is 33.7 Å². The first-order chi connectivity index (χ1) is 11.6. The largest absolute Gasteiger partial charge is 0.497 e. The van der Waals surface area contributed by atoms with E-state index in [1.54, 1.807) is 13.3 Å². The van der Waals surface area contributed by atoms with Crippen LogP contribution in [0.2, 0.25) is 0 Å². The Morgan fingerprint density at radius 1 is 1.29 bits per heavy atom. The molecule has 0 saturated heterocycles. The van der Waals surface area contributed by atoms with E-state index in [0.29, 0.717) is 6.42 Å². The monoisotopic (exact) mass is 389 g/mol. The Morgan fingerprint density at radius 2 is 2.08 bits per heavy atom. The second-order valence-corrected chi connectivity index (χ2v) is 6.04. The normalized spacial score (nSPS) is 12.0. The van der Waals surface area contributed by atoms with E-state index in [1.165, 1.54) is 0 Å². The van der Waals surface area contributed by atoms with Crippen LogP contribution in [0.1, 0.15) is 18.9 Å². The quantitative estimate of drug-likeness (QED) is 0.559. The van der Waals surface area contributed by atoms with E-state index < -0.39 is 0 Å². The molecule has 5 nitrogen and oxygen atoms in total. The number of halogens is 1. The highest BCUT2D eigenvalue weighted by Crippen LogP contribution is 2.17. The standard InChI is InChI=1S/C18H20BrN3O2/c1-3-17(21-15-8-5-7-14(19)11-15)18(23)22-20-12-13-6-4-9-16(10-13)24-2/h4-12,17,21H,3H2,1-2H3,(H,22,23)/b20-12-/t17-/m0/s1. The summed E-state index contributed by atoms with van der Waals surface area (Å²) in [7, 11) is 1.61. The molecule has 0 unspecified atom stereocenters. The molecule has 0 aromatic heterocycles. The van der Waals surface area contributed by atoms with E-state index in [-0.39, 0.29) is 11.9 Å². The van der Waals surface area contributed by atoms with Crippen LogP contribution in [-0.4, -0.2) is 25.3 Å². The molecular formula is C18H20BrN3O2. The van der Waals surface area contributed by atoms with Crippen molar-refractivity contribution in [3.8, 4) is 5.75 Å². The molecule has 0 fully saturated rings. The molecule has 24 heavy (non-hydrogen) atoms. The molecular weight excluding hydrogens is 370 g/mol. The number of hydrazone groups is 1. The van der Waals surface area contributed by atoms with Crippen molar-refractivity contribution in [3.05, 3.63) is 58.6 Å². The van der Waals surface area contributed by atoms with Gasteiger partial charge in [-0.15, -0.1) is 0 Å². The summed E-state index contributed by atoms with van der Waals surface area (Å²) in [5.74, 6) is 0.560. The van der Waals surface area contributed by atoms with Crippen molar-refractivity contribution in [3.63, 3.8) is 0 Å². The lowest BCUT2D eigenvalue weighted by Crippen LogP contribution is -2.36. The summed E-state index contributed by atoms with van der Waals surface area (Å²) in [6, 6.07) is 14.8. The smallest absolute Gasteiger partial charge is 0.262 e. The molecule has 0 aliphatic heterocycles. The number of nitrogens with zero attached hydrogens (tertiary/aromatic N) is 1. The summed E-state index contributed by atoms with van der Waals surface area (Å²) >= 11 is 3.42. The molecule has 2 aromatic carbocycles. The fourth-order valence-corrected chi connectivity index (χ4v) is 2.50. The van der Waals surface area contributed by atoms with Gasteiger partial charge in [0.2, 0.25) is 0 Å². The maximum absolute atomic E-state index is 12.3. The number of carbonyl (C=O) groups is 1. The minimum Gasteiger partial charge on any atom is -0.497 e. The Balaban J connectivity index is 1.95. The van der Waals surface area contributed by atoms with Gasteiger partial charge in [0.25, 0.3) is 5.91 Å². The number of anilines is 1. The Morgan fingerprint density at radius 3 is 2.79 bits per heavy atom. The Hall–Kier alpha value is -2.34. The zero-order valence-electron chi connectivity index (χ0n) is 13.6. The molecule has 0 bridgehead atoms. The number of ether oxygens (including phenoxy) is 1. The van der Waals surface area contributed by atoms with E-state index in [0.717, 1.165) is 21.5 Å². The maximum atomic E-state index is 12.3. The molecule has 0 aliphatic carbocycles. The van der Waals surface area contributed by atoms with E-state index in [1.807, 2.05) is 55.5 Å². The molecule has 0 radical (unpaired) electrons. The highest BCUT2D eigenvalue weighted by atomic mass is 79.9. The summed E-state index contributed by atoms with van der Waals surface area (Å²) in [4.78, 5) is 12.3. The van der Waals surface area contributed by atoms with Crippen molar-refractivity contribution in [2.45, 2.75) is 19.4 Å². The fraction of sp³-hybridized carbons (Fsp3) is 0.222. The number of benzene rings is 2. The molecule has 2 N–H and O–H groups in total. The van der Waals surface area contributed by atoms with Gasteiger partial charge >= 0.3 is 0 Å². The average Bonchev–Trinajstić information content (AvgIpc) is 2.59. The number of methoxy groups -OCH3 is 1. The number of rotatable bonds is 7. The van der Waals surface area contributed by atoms with Crippen molar-refractivity contribution in [2.24, 2.45) is 5.10 Å². The number of amides is 1. The van der Waals surface area contributed by atoms with Crippen LogP contribution in [-0.2, 0) is 4.79 Å².